The van der Waals surface area contributed by atoms with Gasteiger partial charge in [0.25, 0.3) is 0 Å². The van der Waals surface area contributed by atoms with Crippen LogP contribution in [-0.4, -0.2) is 11.5 Å². The van der Waals surface area contributed by atoms with Crippen LogP contribution in [0.4, 0.5) is 5.69 Å². The molecule has 0 aliphatic heterocycles. The molecule has 0 saturated heterocycles. The highest BCUT2D eigenvalue weighted by Crippen LogP contribution is 2.32. The Morgan fingerprint density at radius 3 is 2.88 bits per heavy atom. The predicted octanol–water partition coefficient (Wildman–Crippen LogP) is 3.30. The van der Waals surface area contributed by atoms with E-state index >= 15 is 0 Å². The molecule has 1 aromatic rings. The van der Waals surface area contributed by atoms with E-state index in [1.807, 2.05) is 18.2 Å². The Bertz CT molecular complexity index is 402. The summed E-state index contributed by atoms with van der Waals surface area (Å²) in [5, 5.41) is 3.41. The molecule has 0 spiro atoms. The van der Waals surface area contributed by atoms with Crippen LogP contribution in [0.1, 0.15) is 24.8 Å². The van der Waals surface area contributed by atoms with Crippen molar-refractivity contribution >= 4 is 38.8 Å². The number of halogens is 1. The molecule has 3 N–H and O–H groups in total. The van der Waals surface area contributed by atoms with Gasteiger partial charge < -0.3 is 11.1 Å². The Labute approximate surface area is 110 Å². The van der Waals surface area contributed by atoms with Gasteiger partial charge in [-0.15, -0.1) is 0 Å². The van der Waals surface area contributed by atoms with Crippen LogP contribution in [0, 0.1) is 5.92 Å². The van der Waals surface area contributed by atoms with E-state index in [0.717, 1.165) is 28.2 Å². The third-order valence-electron chi connectivity index (χ3n) is 2.82. The fourth-order valence-electron chi connectivity index (χ4n) is 1.74. The molecule has 16 heavy (non-hydrogen) atoms. The number of anilines is 1. The number of thiocarbonyl (C=S) groups is 1. The van der Waals surface area contributed by atoms with Crippen LogP contribution >= 0.6 is 28.1 Å². The molecule has 0 heterocycles. The van der Waals surface area contributed by atoms with E-state index in [-0.39, 0.29) is 0 Å². The smallest absolute Gasteiger partial charge is 0.107 e. The lowest BCUT2D eigenvalue weighted by molar-refractivity contribution is 0.760. The minimum atomic E-state index is 0.432. The van der Waals surface area contributed by atoms with Crippen molar-refractivity contribution in [2.24, 2.45) is 11.7 Å². The highest BCUT2D eigenvalue weighted by atomic mass is 79.9. The van der Waals surface area contributed by atoms with Crippen molar-refractivity contribution in [2.45, 2.75) is 19.3 Å². The summed E-state index contributed by atoms with van der Waals surface area (Å²) >= 11 is 8.53. The Kier molecular flexibility index (Phi) is 3.82. The first-order valence-corrected chi connectivity index (χ1v) is 6.71. The molecule has 0 unspecified atom stereocenters. The number of hydrogen-bond donors (Lipinski definition) is 2. The third kappa shape index (κ3) is 2.95. The second kappa shape index (κ2) is 5.15. The van der Waals surface area contributed by atoms with Gasteiger partial charge in [-0.05, 0) is 40.4 Å². The number of benzene rings is 1. The maximum Gasteiger partial charge on any atom is 0.107 e. The van der Waals surface area contributed by atoms with E-state index in [1.165, 1.54) is 19.3 Å². The van der Waals surface area contributed by atoms with Gasteiger partial charge in [0.1, 0.15) is 4.99 Å². The molecule has 1 aromatic carbocycles. The standard InChI is InChI=1S/C12H15BrN2S/c13-9-2-1-3-10(11(9)12(14)16)15-7-6-8-4-5-8/h1-3,8,15H,4-7H2,(H2,14,16). The Morgan fingerprint density at radius 1 is 1.50 bits per heavy atom. The van der Waals surface area contributed by atoms with Crippen LogP contribution in [-0.2, 0) is 0 Å². The maximum atomic E-state index is 5.72. The van der Waals surface area contributed by atoms with E-state index in [0.29, 0.717) is 4.99 Å². The van der Waals surface area contributed by atoms with Crippen molar-refractivity contribution in [1.82, 2.24) is 0 Å². The first-order valence-electron chi connectivity index (χ1n) is 5.50. The molecule has 4 heteroatoms. The predicted molar refractivity (Wildman–Crippen MR) is 75.9 cm³/mol. The van der Waals surface area contributed by atoms with Gasteiger partial charge in [-0.25, -0.2) is 0 Å². The molecular weight excluding hydrogens is 284 g/mol. The molecule has 0 radical (unpaired) electrons. The molecule has 0 amide bonds. The molecule has 1 fully saturated rings. The van der Waals surface area contributed by atoms with Crippen LogP contribution in [0.5, 0.6) is 0 Å². The average Bonchev–Trinajstić information content (AvgIpc) is 3.01. The van der Waals surface area contributed by atoms with Crippen LogP contribution in [0.25, 0.3) is 0 Å². The topological polar surface area (TPSA) is 38.0 Å². The number of nitrogens with one attached hydrogen (secondary N) is 1. The SMILES string of the molecule is NC(=S)c1c(Br)cccc1NCCC1CC1. The Balaban J connectivity index is 2.05. The second-order valence-corrected chi connectivity index (χ2v) is 5.48. The number of hydrogen-bond acceptors (Lipinski definition) is 2. The third-order valence-corrected chi connectivity index (χ3v) is 3.69. The fraction of sp³-hybridized carbons (Fsp3) is 0.417. The van der Waals surface area contributed by atoms with Gasteiger partial charge in [0, 0.05) is 22.3 Å². The zero-order valence-electron chi connectivity index (χ0n) is 9.00. The van der Waals surface area contributed by atoms with Crippen molar-refractivity contribution in [2.75, 3.05) is 11.9 Å². The quantitative estimate of drug-likeness (QED) is 0.819. The van der Waals surface area contributed by atoms with E-state index in [2.05, 4.69) is 21.2 Å². The molecule has 0 atom stereocenters. The average molecular weight is 299 g/mol. The van der Waals surface area contributed by atoms with Crippen LogP contribution in [0.15, 0.2) is 22.7 Å². The van der Waals surface area contributed by atoms with Gasteiger partial charge in [0.15, 0.2) is 0 Å². The van der Waals surface area contributed by atoms with Gasteiger partial charge in [-0.2, -0.15) is 0 Å². The summed E-state index contributed by atoms with van der Waals surface area (Å²) in [7, 11) is 0. The van der Waals surface area contributed by atoms with E-state index in [1.54, 1.807) is 0 Å². The monoisotopic (exact) mass is 298 g/mol. The highest BCUT2D eigenvalue weighted by molar-refractivity contribution is 9.10. The Morgan fingerprint density at radius 2 is 2.25 bits per heavy atom. The van der Waals surface area contributed by atoms with Crippen molar-refractivity contribution < 1.29 is 0 Å². The lowest BCUT2D eigenvalue weighted by Crippen LogP contribution is -2.14. The lowest BCUT2D eigenvalue weighted by atomic mass is 10.1. The molecule has 1 aliphatic rings. The molecule has 0 aromatic heterocycles. The fourth-order valence-corrected chi connectivity index (χ4v) is 2.67. The summed E-state index contributed by atoms with van der Waals surface area (Å²) in [4.78, 5) is 0.432. The Hall–Kier alpha value is -0.610. The molecule has 0 bridgehead atoms. The summed E-state index contributed by atoms with van der Waals surface area (Å²) < 4.78 is 0.955. The molecule has 86 valence electrons. The van der Waals surface area contributed by atoms with Crippen molar-refractivity contribution in [3.05, 3.63) is 28.2 Å². The summed E-state index contributed by atoms with van der Waals surface area (Å²) in [6, 6.07) is 5.97. The summed E-state index contributed by atoms with van der Waals surface area (Å²) in [5.74, 6) is 0.938. The normalized spacial score (nSPS) is 14.8. The van der Waals surface area contributed by atoms with Gasteiger partial charge >= 0.3 is 0 Å². The minimum absolute atomic E-state index is 0.432. The summed E-state index contributed by atoms with van der Waals surface area (Å²) in [6.07, 6.45) is 4.02. The molecular formula is C12H15BrN2S. The highest BCUT2D eigenvalue weighted by Gasteiger charge is 2.20. The van der Waals surface area contributed by atoms with Crippen LogP contribution in [0.2, 0.25) is 0 Å². The van der Waals surface area contributed by atoms with Crippen LogP contribution in [0.3, 0.4) is 0 Å². The zero-order valence-corrected chi connectivity index (χ0v) is 11.4. The lowest BCUT2D eigenvalue weighted by Gasteiger charge is -2.12. The van der Waals surface area contributed by atoms with Crippen molar-refractivity contribution in [1.29, 1.82) is 0 Å². The first-order chi connectivity index (χ1) is 7.68. The minimum Gasteiger partial charge on any atom is -0.389 e. The number of rotatable bonds is 5. The van der Waals surface area contributed by atoms with E-state index < -0.39 is 0 Å². The van der Waals surface area contributed by atoms with Crippen LogP contribution < -0.4 is 11.1 Å². The second-order valence-electron chi connectivity index (χ2n) is 4.19. The van der Waals surface area contributed by atoms with Gasteiger partial charge in [-0.1, -0.05) is 31.1 Å². The van der Waals surface area contributed by atoms with Crippen molar-refractivity contribution in [3.8, 4) is 0 Å². The first kappa shape index (κ1) is 11.9. The van der Waals surface area contributed by atoms with Gasteiger partial charge in [-0.3, -0.25) is 0 Å². The van der Waals surface area contributed by atoms with Gasteiger partial charge in [0.05, 0.1) is 0 Å². The van der Waals surface area contributed by atoms with E-state index in [9.17, 15) is 0 Å². The molecule has 2 rings (SSSR count). The maximum absolute atomic E-state index is 5.72. The molecule has 2 nitrogen and oxygen atoms in total. The molecule has 1 aliphatic carbocycles. The summed E-state index contributed by atoms with van der Waals surface area (Å²) in [6.45, 7) is 0.997. The van der Waals surface area contributed by atoms with Gasteiger partial charge in [0.2, 0.25) is 0 Å². The summed E-state index contributed by atoms with van der Waals surface area (Å²) in [5.41, 5.74) is 7.66. The van der Waals surface area contributed by atoms with E-state index in [4.69, 9.17) is 18.0 Å². The largest absolute Gasteiger partial charge is 0.389 e. The zero-order chi connectivity index (χ0) is 11.5. The molecule has 1 saturated carbocycles. The van der Waals surface area contributed by atoms with Crippen molar-refractivity contribution in [3.63, 3.8) is 0 Å². The number of nitrogens with two attached hydrogens (primary N) is 1.